The van der Waals surface area contributed by atoms with Crippen molar-refractivity contribution in [1.29, 1.82) is 0 Å². The van der Waals surface area contributed by atoms with Gasteiger partial charge in [0.25, 0.3) is 0 Å². The number of anilines is 1. The SMILES string of the molecule is CCOc1ccccc1N1CCN(C(=O)CSc2ccc(Br)cc2C)CC1. The average molecular weight is 449 g/mol. The first-order chi connectivity index (χ1) is 13.1. The van der Waals surface area contributed by atoms with Gasteiger partial charge in [-0.2, -0.15) is 0 Å². The molecule has 2 aromatic carbocycles. The third-order valence-electron chi connectivity index (χ3n) is 4.63. The van der Waals surface area contributed by atoms with Crippen molar-refractivity contribution in [3.63, 3.8) is 0 Å². The molecule has 1 aliphatic heterocycles. The number of piperazine rings is 1. The smallest absolute Gasteiger partial charge is 0.233 e. The monoisotopic (exact) mass is 448 g/mol. The number of thioether (sulfide) groups is 1. The Labute approximate surface area is 174 Å². The zero-order valence-corrected chi connectivity index (χ0v) is 18.2. The molecule has 0 spiro atoms. The summed E-state index contributed by atoms with van der Waals surface area (Å²) in [6, 6.07) is 14.3. The summed E-state index contributed by atoms with van der Waals surface area (Å²) in [6.07, 6.45) is 0. The fourth-order valence-electron chi connectivity index (χ4n) is 3.20. The molecule has 2 aromatic rings. The van der Waals surface area contributed by atoms with E-state index in [9.17, 15) is 4.79 Å². The molecule has 6 heteroatoms. The maximum atomic E-state index is 12.6. The topological polar surface area (TPSA) is 32.8 Å². The Hall–Kier alpha value is -1.66. The van der Waals surface area contributed by atoms with E-state index in [0.29, 0.717) is 12.4 Å². The number of aryl methyl sites for hydroxylation is 1. The molecule has 1 saturated heterocycles. The van der Waals surface area contributed by atoms with E-state index in [2.05, 4.69) is 46.0 Å². The molecule has 144 valence electrons. The highest BCUT2D eigenvalue weighted by atomic mass is 79.9. The molecule has 0 atom stereocenters. The van der Waals surface area contributed by atoms with Crippen LogP contribution < -0.4 is 9.64 Å². The number of rotatable bonds is 6. The molecule has 0 N–H and O–H groups in total. The Kier molecular flexibility index (Phi) is 7.07. The maximum absolute atomic E-state index is 12.6. The molecule has 0 unspecified atom stereocenters. The lowest BCUT2D eigenvalue weighted by Crippen LogP contribution is -2.49. The van der Waals surface area contributed by atoms with Gasteiger partial charge in [0.05, 0.1) is 18.0 Å². The zero-order valence-electron chi connectivity index (χ0n) is 15.8. The number of benzene rings is 2. The average Bonchev–Trinajstić information content (AvgIpc) is 2.68. The maximum Gasteiger partial charge on any atom is 0.233 e. The largest absolute Gasteiger partial charge is 0.492 e. The molecule has 4 nitrogen and oxygen atoms in total. The van der Waals surface area contributed by atoms with Crippen LogP contribution in [0.3, 0.4) is 0 Å². The Morgan fingerprint density at radius 3 is 2.59 bits per heavy atom. The summed E-state index contributed by atoms with van der Waals surface area (Å²) in [5.41, 5.74) is 2.31. The first-order valence-electron chi connectivity index (χ1n) is 9.22. The summed E-state index contributed by atoms with van der Waals surface area (Å²) < 4.78 is 6.81. The van der Waals surface area contributed by atoms with E-state index in [4.69, 9.17) is 4.74 Å². The molecule has 27 heavy (non-hydrogen) atoms. The van der Waals surface area contributed by atoms with Crippen LogP contribution in [0.1, 0.15) is 12.5 Å². The predicted octanol–water partition coefficient (Wildman–Crippen LogP) is 4.60. The Morgan fingerprint density at radius 1 is 1.15 bits per heavy atom. The summed E-state index contributed by atoms with van der Waals surface area (Å²) in [7, 11) is 0. The van der Waals surface area contributed by atoms with E-state index in [1.807, 2.05) is 36.1 Å². The summed E-state index contributed by atoms with van der Waals surface area (Å²) in [5, 5.41) is 0. The minimum absolute atomic E-state index is 0.208. The second kappa shape index (κ2) is 9.51. The second-order valence-electron chi connectivity index (χ2n) is 6.47. The van der Waals surface area contributed by atoms with Crippen molar-refractivity contribution in [3.05, 3.63) is 52.5 Å². The third kappa shape index (κ3) is 5.20. The van der Waals surface area contributed by atoms with Crippen molar-refractivity contribution >= 4 is 39.3 Å². The second-order valence-corrected chi connectivity index (χ2v) is 8.40. The normalized spacial score (nSPS) is 14.3. The van der Waals surface area contributed by atoms with Gasteiger partial charge in [-0.15, -0.1) is 11.8 Å². The Balaban J connectivity index is 1.53. The molecule has 1 amide bonds. The number of carbonyl (C=O) groups is 1. The van der Waals surface area contributed by atoms with Crippen LogP contribution in [0.2, 0.25) is 0 Å². The standard InChI is InChI=1S/C21H25BrN2O2S/c1-3-26-19-7-5-4-6-18(19)23-10-12-24(13-11-23)21(25)15-27-20-9-8-17(22)14-16(20)2/h4-9,14H,3,10-13,15H2,1-2H3. The molecule has 3 rings (SSSR count). The minimum atomic E-state index is 0.208. The quantitative estimate of drug-likeness (QED) is 0.604. The zero-order chi connectivity index (χ0) is 19.2. The fourth-order valence-corrected chi connectivity index (χ4v) is 4.59. The summed E-state index contributed by atoms with van der Waals surface area (Å²) >= 11 is 5.10. The molecule has 0 aliphatic carbocycles. The number of hydrogen-bond acceptors (Lipinski definition) is 4. The van der Waals surface area contributed by atoms with E-state index >= 15 is 0 Å². The first kappa shape index (κ1) is 20.1. The highest BCUT2D eigenvalue weighted by Crippen LogP contribution is 2.29. The molecule has 0 saturated carbocycles. The van der Waals surface area contributed by atoms with Gasteiger partial charge in [-0.25, -0.2) is 0 Å². The van der Waals surface area contributed by atoms with Crippen molar-refractivity contribution in [2.75, 3.05) is 43.4 Å². The molecule has 0 radical (unpaired) electrons. The first-order valence-corrected chi connectivity index (χ1v) is 11.0. The van der Waals surface area contributed by atoms with Crippen molar-refractivity contribution < 1.29 is 9.53 Å². The van der Waals surface area contributed by atoms with Crippen molar-refractivity contribution in [3.8, 4) is 5.75 Å². The molecule has 0 bridgehead atoms. The van der Waals surface area contributed by atoms with Crippen LogP contribution in [0.15, 0.2) is 51.8 Å². The van der Waals surface area contributed by atoms with E-state index in [1.165, 1.54) is 5.56 Å². The predicted molar refractivity (Wildman–Crippen MR) is 116 cm³/mol. The van der Waals surface area contributed by atoms with Crippen LogP contribution in [0.5, 0.6) is 5.75 Å². The lowest BCUT2D eigenvalue weighted by molar-refractivity contribution is -0.128. The summed E-state index contributed by atoms with van der Waals surface area (Å²) in [5.74, 6) is 1.61. The number of halogens is 1. The highest BCUT2D eigenvalue weighted by Gasteiger charge is 2.23. The van der Waals surface area contributed by atoms with Crippen LogP contribution in [-0.4, -0.2) is 49.3 Å². The van der Waals surface area contributed by atoms with Crippen LogP contribution in [0.4, 0.5) is 5.69 Å². The molecular formula is C21H25BrN2O2S. The fraction of sp³-hybridized carbons (Fsp3) is 0.381. The van der Waals surface area contributed by atoms with Gasteiger partial charge in [0, 0.05) is 35.5 Å². The molecule has 0 aromatic heterocycles. The van der Waals surface area contributed by atoms with E-state index < -0.39 is 0 Å². The van der Waals surface area contributed by atoms with Crippen LogP contribution in [0.25, 0.3) is 0 Å². The molecule has 1 fully saturated rings. The number of nitrogens with zero attached hydrogens (tertiary/aromatic N) is 2. The Morgan fingerprint density at radius 2 is 1.89 bits per heavy atom. The number of ether oxygens (including phenoxy) is 1. The van der Waals surface area contributed by atoms with Gasteiger partial charge in [-0.1, -0.05) is 28.1 Å². The van der Waals surface area contributed by atoms with E-state index in [-0.39, 0.29) is 5.91 Å². The Bertz CT molecular complexity index is 792. The number of para-hydroxylation sites is 2. The highest BCUT2D eigenvalue weighted by molar-refractivity contribution is 9.10. The van der Waals surface area contributed by atoms with Crippen molar-refractivity contribution in [2.24, 2.45) is 0 Å². The van der Waals surface area contributed by atoms with E-state index in [1.54, 1.807) is 11.8 Å². The van der Waals surface area contributed by atoms with Gasteiger partial charge < -0.3 is 14.5 Å². The van der Waals surface area contributed by atoms with Gasteiger partial charge in [-0.05, 0) is 49.7 Å². The molecule has 1 aliphatic rings. The van der Waals surface area contributed by atoms with Crippen molar-refractivity contribution in [1.82, 2.24) is 4.90 Å². The van der Waals surface area contributed by atoms with E-state index in [0.717, 1.165) is 47.0 Å². The lowest BCUT2D eigenvalue weighted by Gasteiger charge is -2.36. The lowest BCUT2D eigenvalue weighted by atomic mass is 10.2. The van der Waals surface area contributed by atoms with Gasteiger partial charge >= 0.3 is 0 Å². The van der Waals surface area contributed by atoms with Crippen LogP contribution in [0, 0.1) is 6.92 Å². The van der Waals surface area contributed by atoms with Gasteiger partial charge in [0.1, 0.15) is 5.75 Å². The van der Waals surface area contributed by atoms with Crippen LogP contribution >= 0.6 is 27.7 Å². The number of hydrogen-bond donors (Lipinski definition) is 0. The van der Waals surface area contributed by atoms with Crippen molar-refractivity contribution in [2.45, 2.75) is 18.7 Å². The summed E-state index contributed by atoms with van der Waals surface area (Å²) in [6.45, 7) is 7.89. The number of carbonyl (C=O) groups excluding carboxylic acids is 1. The van der Waals surface area contributed by atoms with Gasteiger partial charge in [0.2, 0.25) is 5.91 Å². The molecular weight excluding hydrogens is 424 g/mol. The van der Waals surface area contributed by atoms with Gasteiger partial charge in [0.15, 0.2) is 0 Å². The third-order valence-corrected chi connectivity index (χ3v) is 6.28. The summed E-state index contributed by atoms with van der Waals surface area (Å²) in [4.78, 5) is 18.1. The number of amides is 1. The van der Waals surface area contributed by atoms with Crippen LogP contribution in [-0.2, 0) is 4.79 Å². The minimum Gasteiger partial charge on any atom is -0.492 e. The van der Waals surface area contributed by atoms with Gasteiger partial charge in [-0.3, -0.25) is 4.79 Å². The molecule has 1 heterocycles.